The molecule has 1 aliphatic rings. The second-order valence-electron chi connectivity index (χ2n) is 3.61. The SMILES string of the molecule is C=CCNCC(=O)NC(C)C1CC1. The van der Waals surface area contributed by atoms with Gasteiger partial charge in [-0.15, -0.1) is 6.58 Å². The number of rotatable bonds is 6. The second-order valence-corrected chi connectivity index (χ2v) is 3.61. The molecular weight excluding hydrogens is 164 g/mol. The first kappa shape index (κ1) is 10.3. The minimum absolute atomic E-state index is 0.0845. The van der Waals surface area contributed by atoms with Crippen molar-refractivity contribution in [1.29, 1.82) is 0 Å². The van der Waals surface area contributed by atoms with E-state index in [2.05, 4.69) is 24.1 Å². The highest BCUT2D eigenvalue weighted by molar-refractivity contribution is 5.78. The Bertz CT molecular complexity index is 187. The highest BCUT2D eigenvalue weighted by Gasteiger charge is 2.28. The smallest absolute Gasteiger partial charge is 0.234 e. The molecule has 1 fully saturated rings. The summed E-state index contributed by atoms with van der Waals surface area (Å²) in [6, 6.07) is 0.345. The van der Waals surface area contributed by atoms with Gasteiger partial charge in [0.25, 0.3) is 0 Å². The number of amides is 1. The maximum atomic E-state index is 11.3. The van der Waals surface area contributed by atoms with Gasteiger partial charge in [-0.25, -0.2) is 0 Å². The van der Waals surface area contributed by atoms with E-state index in [-0.39, 0.29) is 5.91 Å². The standard InChI is InChI=1S/C10H18N2O/c1-3-6-11-7-10(13)12-8(2)9-4-5-9/h3,8-9,11H,1,4-7H2,2H3,(H,12,13). The highest BCUT2D eigenvalue weighted by atomic mass is 16.1. The predicted octanol–water partition coefficient (Wildman–Crippen LogP) is 0.677. The molecular formula is C10H18N2O. The topological polar surface area (TPSA) is 41.1 Å². The number of carbonyl (C=O) groups excluding carboxylic acids is 1. The molecule has 0 aromatic rings. The van der Waals surface area contributed by atoms with Crippen LogP contribution in [0.1, 0.15) is 19.8 Å². The third-order valence-corrected chi connectivity index (χ3v) is 2.29. The molecule has 0 aromatic heterocycles. The average molecular weight is 182 g/mol. The van der Waals surface area contributed by atoms with Crippen molar-refractivity contribution >= 4 is 5.91 Å². The van der Waals surface area contributed by atoms with Crippen molar-refractivity contribution in [2.24, 2.45) is 5.92 Å². The Morgan fingerprint density at radius 3 is 2.92 bits per heavy atom. The van der Waals surface area contributed by atoms with Gasteiger partial charge in [-0.1, -0.05) is 6.08 Å². The number of nitrogens with one attached hydrogen (secondary N) is 2. The second kappa shape index (κ2) is 5.02. The van der Waals surface area contributed by atoms with E-state index < -0.39 is 0 Å². The summed E-state index contributed by atoms with van der Waals surface area (Å²) < 4.78 is 0. The van der Waals surface area contributed by atoms with Crippen LogP contribution in [0.15, 0.2) is 12.7 Å². The van der Waals surface area contributed by atoms with E-state index in [4.69, 9.17) is 0 Å². The first-order chi connectivity index (χ1) is 6.24. The summed E-state index contributed by atoms with van der Waals surface area (Å²) >= 11 is 0. The largest absolute Gasteiger partial charge is 0.352 e. The maximum absolute atomic E-state index is 11.3. The van der Waals surface area contributed by atoms with Gasteiger partial charge in [-0.2, -0.15) is 0 Å². The van der Waals surface area contributed by atoms with Crippen molar-refractivity contribution in [2.45, 2.75) is 25.8 Å². The molecule has 1 unspecified atom stereocenters. The Kier molecular flexibility index (Phi) is 3.96. The van der Waals surface area contributed by atoms with Crippen molar-refractivity contribution in [3.63, 3.8) is 0 Å². The van der Waals surface area contributed by atoms with E-state index in [1.54, 1.807) is 6.08 Å². The number of hydrogen-bond donors (Lipinski definition) is 2. The van der Waals surface area contributed by atoms with E-state index in [0.29, 0.717) is 19.1 Å². The Morgan fingerprint density at radius 2 is 2.38 bits per heavy atom. The van der Waals surface area contributed by atoms with Crippen molar-refractivity contribution < 1.29 is 4.79 Å². The van der Waals surface area contributed by atoms with Crippen LogP contribution in [0.2, 0.25) is 0 Å². The molecule has 0 heterocycles. The van der Waals surface area contributed by atoms with Gasteiger partial charge in [-0.05, 0) is 25.7 Å². The Morgan fingerprint density at radius 1 is 1.69 bits per heavy atom. The molecule has 0 spiro atoms. The third-order valence-electron chi connectivity index (χ3n) is 2.29. The number of hydrogen-bond acceptors (Lipinski definition) is 2. The highest BCUT2D eigenvalue weighted by Crippen LogP contribution is 2.32. The van der Waals surface area contributed by atoms with Crippen molar-refractivity contribution in [3.8, 4) is 0 Å². The third kappa shape index (κ3) is 4.08. The van der Waals surface area contributed by atoms with E-state index in [9.17, 15) is 4.79 Å². The van der Waals surface area contributed by atoms with Crippen LogP contribution in [0.3, 0.4) is 0 Å². The van der Waals surface area contributed by atoms with Gasteiger partial charge in [0.05, 0.1) is 6.54 Å². The van der Waals surface area contributed by atoms with Crippen molar-refractivity contribution in [2.75, 3.05) is 13.1 Å². The fourth-order valence-corrected chi connectivity index (χ4v) is 1.31. The molecule has 0 bridgehead atoms. The van der Waals surface area contributed by atoms with Crippen molar-refractivity contribution in [3.05, 3.63) is 12.7 Å². The van der Waals surface area contributed by atoms with E-state index in [1.807, 2.05) is 0 Å². The quantitative estimate of drug-likeness (QED) is 0.468. The summed E-state index contributed by atoms with van der Waals surface area (Å²) in [6.45, 7) is 6.71. The normalized spacial score (nSPS) is 17.9. The lowest BCUT2D eigenvalue weighted by Crippen LogP contribution is -2.40. The lowest BCUT2D eigenvalue weighted by Gasteiger charge is -2.12. The minimum Gasteiger partial charge on any atom is -0.352 e. The van der Waals surface area contributed by atoms with E-state index >= 15 is 0 Å². The first-order valence-electron chi connectivity index (χ1n) is 4.85. The molecule has 1 rings (SSSR count). The lowest BCUT2D eigenvalue weighted by atomic mass is 10.2. The van der Waals surface area contributed by atoms with Gasteiger partial charge in [-0.3, -0.25) is 4.79 Å². The van der Waals surface area contributed by atoms with E-state index in [1.165, 1.54) is 12.8 Å². The molecule has 1 atom stereocenters. The number of carbonyl (C=O) groups is 1. The monoisotopic (exact) mass is 182 g/mol. The summed E-state index contributed by atoms with van der Waals surface area (Å²) in [6.07, 6.45) is 4.28. The summed E-state index contributed by atoms with van der Waals surface area (Å²) in [5, 5.41) is 5.93. The molecule has 74 valence electrons. The zero-order valence-electron chi connectivity index (χ0n) is 8.18. The van der Waals surface area contributed by atoms with Gasteiger partial charge >= 0.3 is 0 Å². The van der Waals surface area contributed by atoms with Crippen LogP contribution in [0.4, 0.5) is 0 Å². The summed E-state index contributed by atoms with van der Waals surface area (Å²) in [5.74, 6) is 0.810. The van der Waals surface area contributed by atoms with Gasteiger partial charge < -0.3 is 10.6 Å². The lowest BCUT2D eigenvalue weighted by molar-refractivity contribution is -0.120. The Labute approximate surface area is 79.6 Å². The zero-order chi connectivity index (χ0) is 9.68. The van der Waals surface area contributed by atoms with Gasteiger partial charge in [0.15, 0.2) is 0 Å². The van der Waals surface area contributed by atoms with Crippen LogP contribution < -0.4 is 10.6 Å². The zero-order valence-corrected chi connectivity index (χ0v) is 8.18. The molecule has 2 N–H and O–H groups in total. The summed E-state index contributed by atoms with van der Waals surface area (Å²) in [5.41, 5.74) is 0. The molecule has 1 amide bonds. The minimum atomic E-state index is 0.0845. The van der Waals surface area contributed by atoms with Gasteiger partial charge in [0.1, 0.15) is 0 Å². The Balaban J connectivity index is 2.05. The van der Waals surface area contributed by atoms with Crippen molar-refractivity contribution in [1.82, 2.24) is 10.6 Å². The van der Waals surface area contributed by atoms with E-state index in [0.717, 1.165) is 5.92 Å². The molecule has 3 nitrogen and oxygen atoms in total. The summed E-state index contributed by atoms with van der Waals surface area (Å²) in [4.78, 5) is 11.3. The fraction of sp³-hybridized carbons (Fsp3) is 0.700. The molecule has 1 aliphatic carbocycles. The van der Waals surface area contributed by atoms with Crippen LogP contribution >= 0.6 is 0 Å². The molecule has 3 heteroatoms. The predicted molar refractivity (Wildman–Crippen MR) is 53.4 cm³/mol. The fourth-order valence-electron chi connectivity index (χ4n) is 1.31. The van der Waals surface area contributed by atoms with Crippen LogP contribution in [0.25, 0.3) is 0 Å². The average Bonchev–Trinajstić information content (AvgIpc) is 2.86. The first-order valence-corrected chi connectivity index (χ1v) is 4.85. The molecule has 0 aromatic carbocycles. The van der Waals surface area contributed by atoms with Crippen LogP contribution in [0, 0.1) is 5.92 Å². The maximum Gasteiger partial charge on any atom is 0.234 e. The van der Waals surface area contributed by atoms with Crippen LogP contribution in [-0.2, 0) is 4.79 Å². The molecule has 1 saturated carbocycles. The molecule has 0 aliphatic heterocycles. The summed E-state index contributed by atoms with van der Waals surface area (Å²) in [7, 11) is 0. The molecule has 13 heavy (non-hydrogen) atoms. The molecule has 0 radical (unpaired) electrons. The van der Waals surface area contributed by atoms with Crippen LogP contribution in [-0.4, -0.2) is 25.0 Å². The Hall–Kier alpha value is -0.830. The van der Waals surface area contributed by atoms with Gasteiger partial charge in [0, 0.05) is 12.6 Å². The van der Waals surface area contributed by atoms with Crippen LogP contribution in [0.5, 0.6) is 0 Å². The molecule has 0 saturated heterocycles. The van der Waals surface area contributed by atoms with Gasteiger partial charge in [0.2, 0.25) is 5.91 Å².